The molecule has 17 heavy (non-hydrogen) atoms. The fraction of sp³-hybridized carbons (Fsp3) is 0.800. The average molecular weight is 257 g/mol. The smallest absolute Gasteiger partial charge is 0.230 e. The summed E-state index contributed by atoms with van der Waals surface area (Å²) in [7, 11) is -2.89. The summed E-state index contributed by atoms with van der Waals surface area (Å²) >= 11 is 0. The van der Waals surface area contributed by atoms with Crippen LogP contribution in [0.3, 0.4) is 0 Å². The Morgan fingerprint density at radius 3 is 2.82 bits per heavy atom. The SMILES string of the molecule is O=S1(=O)CCC(c2nc(C3CCNC3)no2)C1. The molecular weight excluding hydrogens is 242 g/mol. The monoisotopic (exact) mass is 257 g/mol. The van der Waals surface area contributed by atoms with Crippen LogP contribution in [-0.4, -0.2) is 43.2 Å². The molecule has 0 aliphatic carbocycles. The first-order valence-electron chi connectivity index (χ1n) is 5.89. The second kappa shape index (κ2) is 4.06. The Labute approximate surface area is 99.7 Å². The van der Waals surface area contributed by atoms with Gasteiger partial charge in [0.25, 0.3) is 0 Å². The van der Waals surface area contributed by atoms with E-state index in [4.69, 9.17) is 4.52 Å². The van der Waals surface area contributed by atoms with Crippen LogP contribution < -0.4 is 5.32 Å². The number of aromatic nitrogens is 2. The molecule has 0 radical (unpaired) electrons. The van der Waals surface area contributed by atoms with Crippen LogP contribution in [-0.2, 0) is 9.84 Å². The average Bonchev–Trinajstić information content (AvgIpc) is 2.93. The fourth-order valence-corrected chi connectivity index (χ4v) is 4.18. The van der Waals surface area contributed by atoms with E-state index in [2.05, 4.69) is 15.5 Å². The quantitative estimate of drug-likeness (QED) is 0.805. The molecule has 0 saturated carbocycles. The Morgan fingerprint density at radius 1 is 1.29 bits per heavy atom. The first kappa shape index (κ1) is 11.2. The van der Waals surface area contributed by atoms with E-state index in [1.807, 2.05) is 0 Å². The maximum Gasteiger partial charge on any atom is 0.230 e. The maximum atomic E-state index is 11.4. The van der Waals surface area contributed by atoms with Crippen molar-refractivity contribution >= 4 is 9.84 Å². The molecule has 94 valence electrons. The molecule has 1 aromatic heterocycles. The molecule has 1 N–H and O–H groups in total. The number of rotatable bonds is 2. The van der Waals surface area contributed by atoms with E-state index in [9.17, 15) is 8.42 Å². The number of hydrogen-bond donors (Lipinski definition) is 1. The topological polar surface area (TPSA) is 85.1 Å². The molecule has 2 atom stereocenters. The predicted octanol–water partition coefficient (Wildman–Crippen LogP) is 0.0486. The fourth-order valence-electron chi connectivity index (χ4n) is 2.44. The Bertz CT molecular complexity index is 505. The molecule has 2 aliphatic heterocycles. The standard InChI is InChI=1S/C10H15N3O3S/c14-17(15)4-2-8(6-17)10-12-9(13-16-10)7-1-3-11-5-7/h7-8,11H,1-6H2. The lowest BCUT2D eigenvalue weighted by molar-refractivity contribution is 0.354. The zero-order chi connectivity index (χ0) is 11.9. The summed E-state index contributed by atoms with van der Waals surface area (Å²) in [6, 6.07) is 0. The Morgan fingerprint density at radius 2 is 2.18 bits per heavy atom. The first-order valence-corrected chi connectivity index (χ1v) is 7.71. The Hall–Kier alpha value is -0.950. The molecule has 7 heteroatoms. The summed E-state index contributed by atoms with van der Waals surface area (Å²) < 4.78 is 28.0. The van der Waals surface area contributed by atoms with E-state index >= 15 is 0 Å². The van der Waals surface area contributed by atoms with Gasteiger partial charge in [0.2, 0.25) is 5.89 Å². The third-order valence-corrected chi connectivity index (χ3v) is 5.23. The van der Waals surface area contributed by atoms with Gasteiger partial charge in [-0.2, -0.15) is 4.98 Å². The summed E-state index contributed by atoms with van der Waals surface area (Å²) in [4.78, 5) is 4.36. The molecule has 0 spiro atoms. The Kier molecular flexibility index (Phi) is 2.67. The number of sulfone groups is 1. The minimum atomic E-state index is -2.89. The van der Waals surface area contributed by atoms with E-state index < -0.39 is 9.84 Å². The van der Waals surface area contributed by atoms with Crippen molar-refractivity contribution in [1.82, 2.24) is 15.5 Å². The molecular formula is C10H15N3O3S. The van der Waals surface area contributed by atoms with E-state index in [0.29, 0.717) is 24.1 Å². The van der Waals surface area contributed by atoms with E-state index in [0.717, 1.165) is 19.5 Å². The predicted molar refractivity (Wildman–Crippen MR) is 60.5 cm³/mol. The van der Waals surface area contributed by atoms with Gasteiger partial charge < -0.3 is 9.84 Å². The molecule has 2 unspecified atom stereocenters. The van der Waals surface area contributed by atoms with Gasteiger partial charge in [-0.25, -0.2) is 8.42 Å². The van der Waals surface area contributed by atoms with Crippen molar-refractivity contribution in [2.75, 3.05) is 24.6 Å². The van der Waals surface area contributed by atoms with Crippen molar-refractivity contribution in [1.29, 1.82) is 0 Å². The molecule has 0 aromatic carbocycles. The van der Waals surface area contributed by atoms with Crippen LogP contribution in [0.15, 0.2) is 4.52 Å². The second-order valence-corrected chi connectivity index (χ2v) is 7.01. The largest absolute Gasteiger partial charge is 0.339 e. The van der Waals surface area contributed by atoms with Gasteiger partial charge in [0.1, 0.15) is 0 Å². The number of nitrogens with one attached hydrogen (secondary N) is 1. The molecule has 3 rings (SSSR count). The molecule has 2 saturated heterocycles. The van der Waals surface area contributed by atoms with Gasteiger partial charge >= 0.3 is 0 Å². The van der Waals surface area contributed by atoms with Gasteiger partial charge in [-0.15, -0.1) is 0 Å². The second-order valence-electron chi connectivity index (χ2n) is 4.78. The molecule has 6 nitrogen and oxygen atoms in total. The van der Waals surface area contributed by atoms with E-state index in [1.165, 1.54) is 0 Å². The van der Waals surface area contributed by atoms with Crippen LogP contribution >= 0.6 is 0 Å². The summed E-state index contributed by atoms with van der Waals surface area (Å²) in [5.41, 5.74) is 0. The third-order valence-electron chi connectivity index (χ3n) is 3.46. The summed E-state index contributed by atoms with van der Waals surface area (Å²) in [6.45, 7) is 1.86. The lowest BCUT2D eigenvalue weighted by Gasteiger charge is -2.00. The minimum absolute atomic E-state index is 0.101. The number of hydrogen-bond acceptors (Lipinski definition) is 6. The first-order chi connectivity index (χ1) is 8.14. The Balaban J connectivity index is 1.76. The van der Waals surface area contributed by atoms with Gasteiger partial charge in [0, 0.05) is 12.5 Å². The van der Waals surface area contributed by atoms with Crippen molar-refractivity contribution < 1.29 is 12.9 Å². The summed E-state index contributed by atoms with van der Waals surface area (Å²) in [5.74, 6) is 1.81. The van der Waals surface area contributed by atoms with Crippen molar-refractivity contribution in [3.05, 3.63) is 11.7 Å². The number of nitrogens with zero attached hydrogens (tertiary/aromatic N) is 2. The normalized spacial score (nSPS) is 32.0. The van der Waals surface area contributed by atoms with Gasteiger partial charge in [0.05, 0.1) is 17.4 Å². The highest BCUT2D eigenvalue weighted by atomic mass is 32.2. The molecule has 1 aromatic rings. The summed E-state index contributed by atoms with van der Waals surface area (Å²) in [5, 5.41) is 7.21. The van der Waals surface area contributed by atoms with Crippen LogP contribution in [0.2, 0.25) is 0 Å². The third kappa shape index (κ3) is 2.21. The van der Waals surface area contributed by atoms with Gasteiger partial charge in [-0.1, -0.05) is 5.16 Å². The zero-order valence-corrected chi connectivity index (χ0v) is 10.2. The van der Waals surface area contributed by atoms with E-state index in [1.54, 1.807) is 0 Å². The van der Waals surface area contributed by atoms with Crippen LogP contribution in [0.5, 0.6) is 0 Å². The zero-order valence-electron chi connectivity index (χ0n) is 9.42. The highest BCUT2D eigenvalue weighted by Crippen LogP contribution is 2.29. The van der Waals surface area contributed by atoms with Crippen molar-refractivity contribution in [2.45, 2.75) is 24.7 Å². The molecule has 3 heterocycles. The van der Waals surface area contributed by atoms with Crippen LogP contribution in [0.4, 0.5) is 0 Å². The molecule has 2 fully saturated rings. The van der Waals surface area contributed by atoms with Crippen LogP contribution in [0.25, 0.3) is 0 Å². The van der Waals surface area contributed by atoms with Crippen molar-refractivity contribution in [2.24, 2.45) is 0 Å². The van der Waals surface area contributed by atoms with Gasteiger partial charge in [0.15, 0.2) is 15.7 Å². The van der Waals surface area contributed by atoms with Crippen LogP contribution in [0, 0.1) is 0 Å². The molecule has 0 amide bonds. The molecule has 2 aliphatic rings. The molecule has 0 bridgehead atoms. The highest BCUT2D eigenvalue weighted by molar-refractivity contribution is 7.91. The van der Waals surface area contributed by atoms with Crippen LogP contribution in [0.1, 0.15) is 36.4 Å². The lowest BCUT2D eigenvalue weighted by atomic mass is 10.1. The minimum Gasteiger partial charge on any atom is -0.339 e. The lowest BCUT2D eigenvalue weighted by Crippen LogP contribution is -2.09. The highest BCUT2D eigenvalue weighted by Gasteiger charge is 2.33. The van der Waals surface area contributed by atoms with E-state index in [-0.39, 0.29) is 17.4 Å². The van der Waals surface area contributed by atoms with Crippen molar-refractivity contribution in [3.8, 4) is 0 Å². The van der Waals surface area contributed by atoms with Gasteiger partial charge in [-0.3, -0.25) is 0 Å². The van der Waals surface area contributed by atoms with Crippen molar-refractivity contribution in [3.63, 3.8) is 0 Å². The van der Waals surface area contributed by atoms with Gasteiger partial charge in [-0.05, 0) is 19.4 Å². The summed E-state index contributed by atoms with van der Waals surface area (Å²) in [6.07, 6.45) is 1.62. The maximum absolute atomic E-state index is 11.4.